The molecule has 1 aliphatic rings. The van der Waals surface area contributed by atoms with Crippen molar-refractivity contribution in [1.82, 2.24) is 0 Å². The Balaban J connectivity index is 2.41. The van der Waals surface area contributed by atoms with E-state index in [1.54, 1.807) is 0 Å². The Bertz CT molecular complexity index is 367. The summed E-state index contributed by atoms with van der Waals surface area (Å²) >= 11 is 0. The molecule has 120 valence electrons. The summed E-state index contributed by atoms with van der Waals surface area (Å²) in [5.41, 5.74) is 0. The van der Waals surface area contributed by atoms with Crippen LogP contribution in [0.25, 0.3) is 0 Å². The van der Waals surface area contributed by atoms with Crippen molar-refractivity contribution in [3.63, 3.8) is 0 Å². The summed E-state index contributed by atoms with van der Waals surface area (Å²) in [7, 11) is 0. The summed E-state index contributed by atoms with van der Waals surface area (Å²) in [5, 5.41) is 17.2. The number of aliphatic hydroxyl groups is 2. The summed E-state index contributed by atoms with van der Waals surface area (Å²) < 4.78 is 14.8. The molecule has 8 nitrogen and oxygen atoms in total. The van der Waals surface area contributed by atoms with Gasteiger partial charge in [0.2, 0.25) is 0 Å². The minimum atomic E-state index is -0.850. The van der Waals surface area contributed by atoms with Gasteiger partial charge in [0.15, 0.2) is 0 Å². The van der Waals surface area contributed by atoms with Gasteiger partial charge in [-0.05, 0) is 6.42 Å². The van der Waals surface area contributed by atoms with E-state index in [1.165, 1.54) is 0 Å². The van der Waals surface area contributed by atoms with Crippen LogP contribution >= 0.6 is 0 Å². The average Bonchev–Trinajstić information content (AvgIpc) is 2.84. The Morgan fingerprint density at radius 1 is 1.19 bits per heavy atom. The highest BCUT2D eigenvalue weighted by Crippen LogP contribution is 2.24. The van der Waals surface area contributed by atoms with E-state index in [0.717, 1.165) is 0 Å². The normalized spacial score (nSPS) is 21.0. The molecule has 0 aromatic carbocycles. The fourth-order valence-electron chi connectivity index (χ4n) is 1.81. The lowest BCUT2D eigenvalue weighted by molar-refractivity contribution is -0.158. The molecule has 0 aromatic rings. The third kappa shape index (κ3) is 6.09. The molecular weight excluding hydrogens is 284 g/mol. The van der Waals surface area contributed by atoms with Crippen LogP contribution in [0.1, 0.15) is 25.7 Å². The van der Waals surface area contributed by atoms with Crippen LogP contribution in [0.15, 0.2) is 0 Å². The van der Waals surface area contributed by atoms with Crippen LogP contribution < -0.4 is 0 Å². The molecule has 2 unspecified atom stereocenters. The van der Waals surface area contributed by atoms with Gasteiger partial charge in [-0.15, -0.1) is 0 Å². The molecule has 0 aliphatic carbocycles. The number of carbonyl (C=O) groups excluding carboxylic acids is 3. The van der Waals surface area contributed by atoms with Crippen molar-refractivity contribution in [2.75, 3.05) is 26.4 Å². The van der Waals surface area contributed by atoms with Gasteiger partial charge in [-0.3, -0.25) is 14.4 Å². The van der Waals surface area contributed by atoms with E-state index in [1.807, 2.05) is 0 Å². The second-order valence-corrected chi connectivity index (χ2v) is 4.59. The van der Waals surface area contributed by atoms with Crippen LogP contribution in [-0.2, 0) is 28.6 Å². The Morgan fingerprint density at radius 2 is 1.90 bits per heavy atom. The molecule has 1 aliphatic heterocycles. The highest BCUT2D eigenvalue weighted by Gasteiger charge is 2.41. The van der Waals surface area contributed by atoms with Crippen molar-refractivity contribution in [1.29, 1.82) is 0 Å². The lowest BCUT2D eigenvalue weighted by Crippen LogP contribution is -2.31. The van der Waals surface area contributed by atoms with Crippen LogP contribution in [0.5, 0.6) is 0 Å². The minimum absolute atomic E-state index is 0.0583. The second-order valence-electron chi connectivity index (χ2n) is 4.59. The first-order valence-electron chi connectivity index (χ1n) is 6.82. The van der Waals surface area contributed by atoms with E-state index in [-0.39, 0.29) is 45.7 Å². The molecule has 8 heteroatoms. The summed E-state index contributed by atoms with van der Waals surface area (Å²) in [5.74, 6) is -2.48. The zero-order valence-corrected chi connectivity index (χ0v) is 11.7. The highest BCUT2D eigenvalue weighted by molar-refractivity contribution is 5.83. The summed E-state index contributed by atoms with van der Waals surface area (Å²) in [4.78, 5) is 34.4. The van der Waals surface area contributed by atoms with Gasteiger partial charge in [0.25, 0.3) is 0 Å². The first-order chi connectivity index (χ1) is 10.1. The number of aliphatic hydroxyl groups excluding tert-OH is 2. The molecular formula is C13H20O8. The third-order valence-corrected chi connectivity index (χ3v) is 2.92. The number of hydrogen-bond donors (Lipinski definition) is 2. The Kier molecular flexibility index (Phi) is 7.70. The first kappa shape index (κ1) is 17.4. The number of esters is 3. The molecule has 0 radical (unpaired) electrons. The highest BCUT2D eigenvalue weighted by atomic mass is 16.6. The van der Waals surface area contributed by atoms with Crippen molar-refractivity contribution in [2.45, 2.75) is 31.8 Å². The number of cyclic esters (lactones) is 1. The van der Waals surface area contributed by atoms with Crippen molar-refractivity contribution in [3.05, 3.63) is 0 Å². The Morgan fingerprint density at radius 3 is 2.57 bits per heavy atom. The molecule has 0 aromatic heterocycles. The molecule has 0 bridgehead atoms. The number of hydrogen-bond acceptors (Lipinski definition) is 8. The lowest BCUT2D eigenvalue weighted by Gasteiger charge is -2.16. The lowest BCUT2D eigenvalue weighted by atomic mass is 10.0. The standard InChI is InChI=1S/C13H20O8/c14-4-1-3-11(16)20-8-10-9(7-12(17)21-10)13(18)19-6-2-5-15/h9-10,14-15H,1-8H2. The van der Waals surface area contributed by atoms with Gasteiger partial charge < -0.3 is 24.4 Å². The van der Waals surface area contributed by atoms with Crippen LogP contribution in [-0.4, -0.2) is 60.7 Å². The zero-order chi connectivity index (χ0) is 15.7. The third-order valence-electron chi connectivity index (χ3n) is 2.92. The smallest absolute Gasteiger partial charge is 0.313 e. The second kappa shape index (κ2) is 9.30. The van der Waals surface area contributed by atoms with Gasteiger partial charge >= 0.3 is 17.9 Å². The average molecular weight is 304 g/mol. The molecule has 21 heavy (non-hydrogen) atoms. The van der Waals surface area contributed by atoms with E-state index in [0.29, 0.717) is 6.42 Å². The maximum atomic E-state index is 11.8. The zero-order valence-electron chi connectivity index (χ0n) is 11.7. The van der Waals surface area contributed by atoms with E-state index in [2.05, 4.69) is 0 Å². The number of rotatable bonds is 9. The van der Waals surface area contributed by atoms with E-state index >= 15 is 0 Å². The van der Waals surface area contributed by atoms with Crippen LogP contribution in [0.2, 0.25) is 0 Å². The first-order valence-corrected chi connectivity index (χ1v) is 6.82. The summed E-state index contributed by atoms with van der Waals surface area (Å²) in [6, 6.07) is 0. The van der Waals surface area contributed by atoms with Gasteiger partial charge in [0.1, 0.15) is 18.6 Å². The topological polar surface area (TPSA) is 119 Å². The van der Waals surface area contributed by atoms with Gasteiger partial charge in [-0.2, -0.15) is 0 Å². The minimum Gasteiger partial charge on any atom is -0.465 e. The van der Waals surface area contributed by atoms with Gasteiger partial charge in [0, 0.05) is 26.1 Å². The maximum Gasteiger partial charge on any atom is 0.313 e. The van der Waals surface area contributed by atoms with Gasteiger partial charge in [0.05, 0.1) is 13.0 Å². The Labute approximate surface area is 122 Å². The molecule has 1 rings (SSSR count). The molecule has 1 fully saturated rings. The molecule has 1 heterocycles. The van der Waals surface area contributed by atoms with Crippen molar-refractivity contribution >= 4 is 17.9 Å². The van der Waals surface area contributed by atoms with E-state index in [4.69, 9.17) is 24.4 Å². The Hall–Kier alpha value is -1.67. The summed E-state index contributed by atoms with van der Waals surface area (Å²) in [6.07, 6.45) is -0.305. The van der Waals surface area contributed by atoms with Crippen molar-refractivity contribution < 1.29 is 38.8 Å². The molecule has 0 spiro atoms. The molecule has 0 amide bonds. The molecule has 0 saturated carbocycles. The number of ether oxygens (including phenoxy) is 3. The van der Waals surface area contributed by atoms with Gasteiger partial charge in [-0.25, -0.2) is 0 Å². The predicted molar refractivity (Wildman–Crippen MR) is 67.9 cm³/mol. The van der Waals surface area contributed by atoms with Gasteiger partial charge in [-0.1, -0.05) is 0 Å². The molecule has 2 atom stereocenters. The monoisotopic (exact) mass is 304 g/mol. The van der Waals surface area contributed by atoms with Crippen molar-refractivity contribution in [2.24, 2.45) is 5.92 Å². The SMILES string of the molecule is O=C(CCCO)OCC1OC(=O)CC1C(=O)OCCCO. The van der Waals surface area contributed by atoms with E-state index < -0.39 is 29.9 Å². The predicted octanol–water partition coefficient (Wildman–Crippen LogP) is -0.841. The van der Waals surface area contributed by atoms with E-state index in [9.17, 15) is 14.4 Å². The quantitative estimate of drug-likeness (QED) is 0.321. The van der Waals surface area contributed by atoms with Crippen LogP contribution in [0.3, 0.4) is 0 Å². The largest absolute Gasteiger partial charge is 0.465 e. The fourth-order valence-corrected chi connectivity index (χ4v) is 1.81. The molecule has 2 N–H and O–H groups in total. The fraction of sp³-hybridized carbons (Fsp3) is 0.769. The number of carbonyl (C=O) groups is 3. The summed E-state index contributed by atoms with van der Waals surface area (Å²) in [6.45, 7) is -0.370. The molecule has 1 saturated heterocycles. The van der Waals surface area contributed by atoms with Crippen LogP contribution in [0, 0.1) is 5.92 Å². The van der Waals surface area contributed by atoms with Crippen molar-refractivity contribution in [3.8, 4) is 0 Å². The maximum absolute atomic E-state index is 11.8. The van der Waals surface area contributed by atoms with Crippen LogP contribution in [0.4, 0.5) is 0 Å².